The van der Waals surface area contributed by atoms with E-state index in [0.717, 1.165) is 22.3 Å². The van der Waals surface area contributed by atoms with E-state index >= 15 is 0 Å². The first kappa shape index (κ1) is 24.7. The van der Waals surface area contributed by atoms with Gasteiger partial charge in [0.05, 0.1) is 16.2 Å². The Morgan fingerprint density at radius 3 is 2.38 bits per heavy atom. The van der Waals surface area contributed by atoms with E-state index in [-0.39, 0.29) is 5.71 Å². The van der Waals surface area contributed by atoms with E-state index in [0.29, 0.717) is 17.2 Å². The van der Waals surface area contributed by atoms with Crippen molar-refractivity contribution in [3.05, 3.63) is 27.5 Å². The molecule has 0 unspecified atom stereocenters. The number of nitrogens with zero attached hydrogens (tertiary/aromatic N) is 2. The Hall–Kier alpha value is -1.28. The fourth-order valence-electron chi connectivity index (χ4n) is 1.88. The molecule has 0 fully saturated rings. The van der Waals surface area contributed by atoms with Crippen LogP contribution in [-0.2, 0) is 4.79 Å². The smallest absolute Gasteiger partial charge is 0.347 e. The van der Waals surface area contributed by atoms with Crippen LogP contribution in [0.1, 0.15) is 36.9 Å². The van der Waals surface area contributed by atoms with E-state index < -0.39 is 11.7 Å². The molecule has 0 aliphatic carbocycles. The minimum Gasteiger partial charge on any atom is -0.347 e. The average molecular weight is 409 g/mol. The summed E-state index contributed by atoms with van der Waals surface area (Å²) in [6.45, 7) is 8.06. The first-order chi connectivity index (χ1) is 12.2. The van der Waals surface area contributed by atoms with Gasteiger partial charge in [-0.1, -0.05) is 26.3 Å². The van der Waals surface area contributed by atoms with Crippen molar-refractivity contribution in [2.75, 3.05) is 26.4 Å². The van der Waals surface area contributed by atoms with Crippen molar-refractivity contribution in [3.8, 4) is 0 Å². The highest BCUT2D eigenvalue weighted by Crippen LogP contribution is 2.35. The number of thiophene rings is 1. The van der Waals surface area contributed by atoms with Gasteiger partial charge in [-0.15, -0.1) is 23.1 Å². The number of hydrogen-bond acceptors (Lipinski definition) is 4. The van der Waals surface area contributed by atoms with Gasteiger partial charge in [-0.25, -0.2) is 0 Å². The fraction of sp³-hybridized carbons (Fsp3) is 0.556. The van der Waals surface area contributed by atoms with Gasteiger partial charge in [-0.05, 0) is 19.9 Å². The molecule has 3 nitrogen and oxygen atoms in total. The van der Waals surface area contributed by atoms with Crippen LogP contribution in [0, 0.1) is 6.92 Å². The lowest BCUT2D eigenvalue weighted by molar-refractivity contribution is -0.116. The Kier molecular flexibility index (Phi) is 11.6. The summed E-state index contributed by atoms with van der Waals surface area (Å²) in [6.07, 6.45) is -1.39. The van der Waals surface area contributed by atoms with Crippen LogP contribution in [0.15, 0.2) is 27.6 Å². The van der Waals surface area contributed by atoms with Crippen LogP contribution in [0.3, 0.4) is 0 Å². The second-order valence-electron chi connectivity index (χ2n) is 5.44. The molecule has 1 aromatic rings. The third-order valence-corrected chi connectivity index (χ3v) is 5.37. The molecule has 0 aliphatic rings. The fourth-order valence-corrected chi connectivity index (χ4v) is 4.22. The molecule has 0 spiro atoms. The summed E-state index contributed by atoms with van der Waals surface area (Å²) in [5.74, 6) is 0.681. The van der Waals surface area contributed by atoms with Crippen LogP contribution in [0.5, 0.6) is 0 Å². The lowest BCUT2D eigenvalue weighted by Gasteiger charge is -2.12. The zero-order valence-corrected chi connectivity index (χ0v) is 17.7. The van der Waals surface area contributed by atoms with E-state index in [9.17, 15) is 18.0 Å². The molecule has 0 saturated heterocycles. The molecule has 0 bridgehead atoms. The molecule has 0 aromatic carbocycles. The molecule has 0 N–H and O–H groups in total. The Morgan fingerprint density at radius 2 is 1.96 bits per heavy atom. The minimum atomic E-state index is -4.43. The van der Waals surface area contributed by atoms with Gasteiger partial charge in [0.25, 0.3) is 0 Å². The Labute approximate surface area is 162 Å². The van der Waals surface area contributed by atoms with Crippen molar-refractivity contribution in [3.63, 3.8) is 0 Å². The van der Waals surface area contributed by atoms with Crippen LogP contribution in [0.4, 0.5) is 13.2 Å². The number of amides is 1. The molecule has 1 aromatic heterocycles. The Bertz CT molecular complexity index is 622. The zero-order valence-electron chi connectivity index (χ0n) is 16.1. The largest absolute Gasteiger partial charge is 0.418 e. The van der Waals surface area contributed by atoms with Crippen LogP contribution in [-0.4, -0.2) is 49.6 Å². The number of halogens is 3. The predicted octanol–water partition coefficient (Wildman–Crippen LogP) is 5.58. The molecule has 1 heterocycles. The highest BCUT2D eigenvalue weighted by Gasteiger charge is 2.37. The number of rotatable bonds is 7. The zero-order chi connectivity index (χ0) is 20.3. The second-order valence-corrected chi connectivity index (χ2v) is 7.84. The van der Waals surface area contributed by atoms with Crippen molar-refractivity contribution >= 4 is 35.2 Å². The average Bonchev–Trinajstić information content (AvgIpc) is 2.92. The predicted molar refractivity (Wildman–Crippen MR) is 107 cm³/mol. The number of thioether (sulfide) groups is 1. The van der Waals surface area contributed by atoms with Crippen LogP contribution in [0.2, 0.25) is 0 Å². The summed E-state index contributed by atoms with van der Waals surface area (Å²) in [5.41, 5.74) is -0.761. The van der Waals surface area contributed by atoms with Gasteiger partial charge in [-0.3, -0.25) is 9.79 Å². The number of hydrogen-bond donors (Lipinski definition) is 0. The van der Waals surface area contributed by atoms with Gasteiger partial charge in [0.15, 0.2) is 0 Å². The lowest BCUT2D eigenvalue weighted by Crippen LogP contribution is -2.20. The van der Waals surface area contributed by atoms with Gasteiger partial charge in [0, 0.05) is 36.2 Å². The van der Waals surface area contributed by atoms with Crippen molar-refractivity contribution in [1.29, 1.82) is 0 Å². The maximum absolute atomic E-state index is 13.1. The summed E-state index contributed by atoms with van der Waals surface area (Å²) in [5, 5.41) is 0. The quantitative estimate of drug-likeness (QED) is 0.335. The summed E-state index contributed by atoms with van der Waals surface area (Å²) >= 11 is 2.82. The molecule has 0 aliphatic heterocycles. The van der Waals surface area contributed by atoms with Crippen molar-refractivity contribution in [2.45, 2.75) is 45.2 Å². The van der Waals surface area contributed by atoms with E-state index in [1.165, 1.54) is 48.4 Å². The van der Waals surface area contributed by atoms with Gasteiger partial charge < -0.3 is 4.90 Å². The number of aliphatic imine (C=N–C) groups is 1. The number of allylic oxidation sites excluding steroid dienone is 2. The third-order valence-electron chi connectivity index (χ3n) is 3.06. The normalized spacial score (nSPS) is 12.5. The topological polar surface area (TPSA) is 32.7 Å². The monoisotopic (exact) mass is 408 g/mol. The summed E-state index contributed by atoms with van der Waals surface area (Å²) in [4.78, 5) is 18.3. The van der Waals surface area contributed by atoms with Crippen molar-refractivity contribution in [1.82, 2.24) is 4.90 Å². The minimum absolute atomic E-state index is 0.0371. The van der Waals surface area contributed by atoms with Crippen molar-refractivity contribution < 1.29 is 18.0 Å². The first-order valence-electron chi connectivity index (χ1n) is 8.25. The first-order valence-corrected chi connectivity index (χ1v) is 10.1. The third kappa shape index (κ3) is 7.95. The molecule has 0 atom stereocenters. The highest BCUT2D eigenvalue weighted by molar-refractivity contribution is 7.99. The molecule has 1 rings (SSSR count). The maximum atomic E-state index is 13.1. The summed E-state index contributed by atoms with van der Waals surface area (Å²) in [7, 11) is 3.05. The number of carbonyl (C=O) groups excluding carboxylic acids is 1. The molecule has 1 amide bonds. The molecule has 148 valence electrons. The Morgan fingerprint density at radius 1 is 1.38 bits per heavy atom. The Balaban J connectivity index is 0.00000194. The summed E-state index contributed by atoms with van der Waals surface area (Å²) in [6, 6.07) is 1.74. The second kappa shape index (κ2) is 12.2. The number of aryl methyl sites for hydroxylation is 1. The van der Waals surface area contributed by atoms with Gasteiger partial charge in [-0.2, -0.15) is 13.2 Å². The van der Waals surface area contributed by atoms with Crippen LogP contribution < -0.4 is 0 Å². The molecule has 8 heteroatoms. The molecular weight excluding hydrogens is 381 g/mol. The number of carbonyl (C=O) groups is 1. The number of alkyl halides is 3. The molecule has 0 saturated carbocycles. The SMILES string of the molecule is C/C=C(\C(=NC)c1cc(SCCN(C)C=O)c(C)s1)C(F)(F)F.CCC. The molecule has 26 heavy (non-hydrogen) atoms. The van der Waals surface area contributed by atoms with Crippen LogP contribution in [0.25, 0.3) is 0 Å². The standard InChI is InChI=1S/C15H19F3N2OS2.C3H8/c1-5-11(15(16,17)18)14(19-3)13-8-12(10(2)23-13)22-7-6-20(4)9-21;1-3-2/h5,8-9H,6-7H2,1-4H3;3H2,1-2H3/b11-5+,19-14?;. The van der Waals surface area contributed by atoms with Crippen molar-refractivity contribution in [2.24, 2.45) is 4.99 Å². The molecule has 0 radical (unpaired) electrons. The van der Waals surface area contributed by atoms with E-state index in [1.807, 2.05) is 6.92 Å². The molecular formula is C18H27F3N2OS2. The lowest BCUT2D eigenvalue weighted by atomic mass is 10.1. The van der Waals surface area contributed by atoms with E-state index in [4.69, 9.17) is 0 Å². The summed E-state index contributed by atoms with van der Waals surface area (Å²) < 4.78 is 39.3. The van der Waals surface area contributed by atoms with Gasteiger partial charge in [0.2, 0.25) is 6.41 Å². The van der Waals surface area contributed by atoms with E-state index in [1.54, 1.807) is 13.1 Å². The van der Waals surface area contributed by atoms with E-state index in [2.05, 4.69) is 18.8 Å². The van der Waals surface area contributed by atoms with Crippen LogP contribution >= 0.6 is 23.1 Å². The van der Waals surface area contributed by atoms with Gasteiger partial charge >= 0.3 is 6.18 Å². The maximum Gasteiger partial charge on any atom is 0.418 e. The highest BCUT2D eigenvalue weighted by atomic mass is 32.2. The van der Waals surface area contributed by atoms with Gasteiger partial charge in [0.1, 0.15) is 0 Å².